The van der Waals surface area contributed by atoms with Crippen molar-refractivity contribution in [2.75, 3.05) is 0 Å². The summed E-state index contributed by atoms with van der Waals surface area (Å²) in [6, 6.07) is 0. The third-order valence-electron chi connectivity index (χ3n) is 0. The van der Waals surface area contributed by atoms with E-state index in [1.54, 1.807) is 0 Å². The van der Waals surface area contributed by atoms with Crippen molar-refractivity contribution in [3.63, 3.8) is 0 Å². The molecule has 31 valence electrons. The van der Waals surface area contributed by atoms with Crippen LogP contribution in [0.1, 0.15) is 0 Å². The van der Waals surface area contributed by atoms with Gasteiger partial charge in [-0.3, -0.25) is 0 Å². The van der Waals surface area contributed by atoms with Gasteiger partial charge in [0.25, 0.3) is 0 Å². The second kappa shape index (κ2) is 381. The first-order valence-electron chi connectivity index (χ1n) is 0. The minimum absolute atomic E-state index is 0. The average Bonchev–Trinajstić information content (AvgIpc) is 0. The monoisotopic (exact) mass is 119 g/mol. The topological polar surface area (TPSA) is 122 Å². The van der Waals surface area contributed by atoms with E-state index < -0.39 is 0 Å². The maximum absolute atomic E-state index is 0. The molecule has 0 aliphatic heterocycles. The molecule has 0 unspecified atom stereocenters. The quantitative estimate of drug-likeness (QED) is 0.330. The van der Waals surface area contributed by atoms with E-state index in [9.17, 15) is 0 Å². The molecular weight excluding hydrogens is 120 g/mol. The SMILES string of the molecule is [Cu].[N].[N].[N].[N]. The molecular formula is CuN4. The number of nitrogens with zero attached hydrogens (tertiary/aromatic N) is 4. The number of hydrogen-bond acceptors (Lipinski definition) is 0. The molecule has 0 saturated heterocycles. The molecule has 0 aromatic carbocycles. The van der Waals surface area contributed by atoms with Crippen molar-refractivity contribution in [2.24, 2.45) is 0 Å². The molecule has 5 heteroatoms. The second-order valence-electron chi connectivity index (χ2n) is 0. The van der Waals surface area contributed by atoms with E-state index in [4.69, 9.17) is 0 Å². The van der Waals surface area contributed by atoms with Gasteiger partial charge in [0.15, 0.2) is 0 Å². The molecule has 0 aliphatic carbocycles. The van der Waals surface area contributed by atoms with Gasteiger partial charge in [-0.05, 0) is 0 Å². The van der Waals surface area contributed by atoms with E-state index in [1.807, 2.05) is 0 Å². The summed E-state index contributed by atoms with van der Waals surface area (Å²) in [5.74, 6) is 0. The summed E-state index contributed by atoms with van der Waals surface area (Å²) in [7, 11) is 0. The second-order valence-corrected chi connectivity index (χ2v) is 0. The van der Waals surface area contributed by atoms with E-state index >= 15 is 0 Å². The Hall–Kier alpha value is 0.359. The van der Waals surface area contributed by atoms with Crippen molar-refractivity contribution in [3.8, 4) is 0 Å². The van der Waals surface area contributed by atoms with Crippen LogP contribution in [0.3, 0.4) is 0 Å². The zero-order chi connectivity index (χ0) is 0. The van der Waals surface area contributed by atoms with Gasteiger partial charge in [0, 0.05) is 41.7 Å². The Morgan fingerprint density at radius 2 is 0.400 bits per heavy atom. The van der Waals surface area contributed by atoms with Crippen LogP contribution in [0.4, 0.5) is 0 Å². The summed E-state index contributed by atoms with van der Waals surface area (Å²) in [5.41, 5.74) is 0. The Balaban J connectivity index is 0. The molecule has 0 aromatic heterocycles. The molecule has 0 spiro atoms. The van der Waals surface area contributed by atoms with Crippen molar-refractivity contribution in [1.29, 1.82) is 0 Å². The Kier molecular flexibility index (Phi) is 60000. The Morgan fingerprint density at radius 1 is 0.400 bits per heavy atom. The Morgan fingerprint density at radius 3 is 0.400 bits per heavy atom. The third kappa shape index (κ3) is 188. The van der Waals surface area contributed by atoms with E-state index in [-0.39, 0.29) is 41.7 Å². The minimum Gasteiger partial charge on any atom is 0 e. The molecule has 0 heterocycles. The van der Waals surface area contributed by atoms with E-state index in [2.05, 4.69) is 0 Å². The van der Waals surface area contributed by atoms with Gasteiger partial charge in [0.2, 0.25) is 0 Å². The van der Waals surface area contributed by atoms with Gasteiger partial charge in [-0.15, -0.1) is 0 Å². The zero-order valence-corrected chi connectivity index (χ0v) is 3.03. The van der Waals surface area contributed by atoms with Crippen molar-refractivity contribution >= 4 is 0 Å². The molecule has 0 fully saturated rings. The van der Waals surface area contributed by atoms with Crippen LogP contribution in [-0.4, -0.2) is 0 Å². The van der Waals surface area contributed by atoms with Crippen LogP contribution in [-0.2, 0) is 17.1 Å². The van der Waals surface area contributed by atoms with Gasteiger partial charge in [-0.25, -0.2) is 0 Å². The van der Waals surface area contributed by atoms with E-state index in [0.29, 0.717) is 0 Å². The maximum Gasteiger partial charge on any atom is 0 e. The van der Waals surface area contributed by atoms with Crippen LogP contribution in [0.15, 0.2) is 0 Å². The summed E-state index contributed by atoms with van der Waals surface area (Å²) in [5, 5.41) is 0. The van der Waals surface area contributed by atoms with Crippen LogP contribution in [0.5, 0.6) is 0 Å². The molecule has 0 bridgehead atoms. The fourth-order valence-corrected chi connectivity index (χ4v) is 0. The van der Waals surface area contributed by atoms with Crippen molar-refractivity contribution in [1.82, 2.24) is 24.6 Å². The molecule has 0 aliphatic rings. The third-order valence-corrected chi connectivity index (χ3v) is 0. The zero-order valence-electron chi connectivity index (χ0n) is 2.09. The first-order chi connectivity index (χ1) is 0. The van der Waals surface area contributed by atoms with Crippen molar-refractivity contribution < 1.29 is 17.1 Å². The first-order valence-corrected chi connectivity index (χ1v) is 0. The average molecular weight is 120 g/mol. The molecule has 5 heavy (non-hydrogen) atoms. The summed E-state index contributed by atoms with van der Waals surface area (Å²) < 4.78 is 0. The van der Waals surface area contributed by atoms with Crippen LogP contribution >= 0.6 is 0 Å². The van der Waals surface area contributed by atoms with Crippen LogP contribution in [0, 0.1) is 0 Å². The van der Waals surface area contributed by atoms with Crippen molar-refractivity contribution in [3.05, 3.63) is 0 Å². The van der Waals surface area contributed by atoms with Crippen LogP contribution in [0.2, 0.25) is 0 Å². The van der Waals surface area contributed by atoms with Gasteiger partial charge in [0.1, 0.15) is 0 Å². The normalized spacial score (nSPS) is 0. The molecule has 13 radical (unpaired) electrons. The standard InChI is InChI=1S/Cu.4N. The van der Waals surface area contributed by atoms with Crippen molar-refractivity contribution in [2.45, 2.75) is 0 Å². The van der Waals surface area contributed by atoms with Crippen LogP contribution < -0.4 is 24.6 Å². The van der Waals surface area contributed by atoms with E-state index in [1.165, 1.54) is 0 Å². The fourth-order valence-electron chi connectivity index (χ4n) is 0. The predicted molar refractivity (Wildman–Crippen MR) is 8.54 cm³/mol. The molecule has 0 saturated carbocycles. The molecule has 0 aromatic rings. The van der Waals surface area contributed by atoms with Crippen LogP contribution in [0.25, 0.3) is 0 Å². The summed E-state index contributed by atoms with van der Waals surface area (Å²) in [4.78, 5) is 0. The fraction of sp³-hybridized carbons (Fsp3) is 0. The minimum atomic E-state index is 0. The smallest absolute Gasteiger partial charge is 0 e. The number of rotatable bonds is 0. The Bertz CT molecular complexity index is 3.61. The van der Waals surface area contributed by atoms with Gasteiger partial charge in [-0.1, -0.05) is 0 Å². The van der Waals surface area contributed by atoms with Gasteiger partial charge >= 0.3 is 0 Å². The summed E-state index contributed by atoms with van der Waals surface area (Å²) >= 11 is 0. The first kappa shape index (κ1) is 788. The molecule has 4 nitrogen and oxygen atoms in total. The molecule has 0 rings (SSSR count). The summed E-state index contributed by atoms with van der Waals surface area (Å²) in [6.07, 6.45) is 0. The maximum atomic E-state index is 0. The molecule has 0 N–H and O–H groups in total. The predicted octanol–water partition coefficient (Wildman–Crippen LogP) is -1.92. The van der Waals surface area contributed by atoms with Gasteiger partial charge in [-0.2, -0.15) is 0 Å². The van der Waals surface area contributed by atoms with Gasteiger partial charge in [0.05, 0.1) is 0 Å². The number of hydrogen-bond donors (Lipinski definition) is 0. The van der Waals surface area contributed by atoms with Gasteiger partial charge < -0.3 is 0 Å². The van der Waals surface area contributed by atoms with E-state index in [0.717, 1.165) is 0 Å². The largest absolute Gasteiger partial charge is 0 e. The Labute approximate surface area is 42.5 Å². The summed E-state index contributed by atoms with van der Waals surface area (Å²) in [6.45, 7) is 0. The molecule has 0 amide bonds. The molecule has 0 atom stereocenters.